The normalized spacial score (nSPS) is 25.6. The van der Waals surface area contributed by atoms with Crippen LogP contribution in [0.5, 0.6) is 5.75 Å². The van der Waals surface area contributed by atoms with Crippen LogP contribution in [0.1, 0.15) is 25.8 Å². The van der Waals surface area contributed by atoms with E-state index >= 15 is 0 Å². The van der Waals surface area contributed by atoms with E-state index in [-0.39, 0.29) is 22.4 Å². The first-order valence-corrected chi connectivity index (χ1v) is 6.59. The topological polar surface area (TPSA) is 21.3 Å². The van der Waals surface area contributed by atoms with Crippen LogP contribution in [-0.4, -0.2) is 18.5 Å². The van der Waals surface area contributed by atoms with Crippen molar-refractivity contribution in [3.05, 3.63) is 29.6 Å². The van der Waals surface area contributed by atoms with Crippen LogP contribution in [0.25, 0.3) is 0 Å². The van der Waals surface area contributed by atoms with Gasteiger partial charge in [0.2, 0.25) is 0 Å². The summed E-state index contributed by atoms with van der Waals surface area (Å²) in [6.07, 6.45) is 0.931. The second kappa shape index (κ2) is 5.06. The van der Waals surface area contributed by atoms with Gasteiger partial charge in [-0.3, -0.25) is 0 Å². The summed E-state index contributed by atoms with van der Waals surface area (Å²) >= 11 is 6.16. The average Bonchev–Trinajstić information content (AvgIpc) is 2.35. The second-order valence-corrected chi connectivity index (χ2v) is 5.92. The molecule has 2 rings (SSSR count). The van der Waals surface area contributed by atoms with Crippen molar-refractivity contribution in [3.8, 4) is 5.75 Å². The number of hydrogen-bond donors (Lipinski definition) is 1. The van der Waals surface area contributed by atoms with Gasteiger partial charge in [0.05, 0.1) is 7.11 Å². The Hall–Kier alpha value is -0.800. The zero-order chi connectivity index (χ0) is 13.3. The summed E-state index contributed by atoms with van der Waals surface area (Å²) < 4.78 is 18.9. The molecule has 1 aliphatic rings. The molecule has 0 bridgehead atoms. The van der Waals surface area contributed by atoms with Crippen molar-refractivity contribution in [2.24, 2.45) is 5.41 Å². The van der Waals surface area contributed by atoms with Gasteiger partial charge in [-0.2, -0.15) is 0 Å². The van der Waals surface area contributed by atoms with Crippen molar-refractivity contribution in [2.75, 3.05) is 7.11 Å². The summed E-state index contributed by atoms with van der Waals surface area (Å²) in [4.78, 5) is 0. The number of alkyl halides is 1. The van der Waals surface area contributed by atoms with Gasteiger partial charge in [0, 0.05) is 23.5 Å². The van der Waals surface area contributed by atoms with Crippen LogP contribution in [0.15, 0.2) is 18.2 Å². The molecule has 0 radical (unpaired) electrons. The van der Waals surface area contributed by atoms with Gasteiger partial charge in [0.1, 0.15) is 0 Å². The van der Waals surface area contributed by atoms with Crippen molar-refractivity contribution in [3.63, 3.8) is 0 Å². The molecule has 0 aliphatic heterocycles. The Kier molecular flexibility index (Phi) is 3.83. The molecule has 1 saturated carbocycles. The molecule has 18 heavy (non-hydrogen) atoms. The molecule has 2 atom stereocenters. The van der Waals surface area contributed by atoms with Gasteiger partial charge in [-0.05, 0) is 17.9 Å². The largest absolute Gasteiger partial charge is 0.494 e. The number of hydrogen-bond acceptors (Lipinski definition) is 2. The predicted molar refractivity (Wildman–Crippen MR) is 71.6 cm³/mol. The van der Waals surface area contributed by atoms with Crippen LogP contribution in [0.3, 0.4) is 0 Å². The molecule has 0 heterocycles. The molecule has 1 aromatic rings. The second-order valence-electron chi connectivity index (χ2n) is 5.39. The maximum Gasteiger partial charge on any atom is 0.169 e. The molecular weight excluding hydrogens is 253 g/mol. The standard InChI is InChI=1S/C14H19ClFNO/c1-14(2)11(15)7-12(14)17-8-9-5-4-6-10(18-3)13(9)16/h4-6,11-12,17H,7-8H2,1-3H3. The molecule has 0 amide bonds. The summed E-state index contributed by atoms with van der Waals surface area (Å²) in [5.74, 6) is 0.00411. The van der Waals surface area contributed by atoms with E-state index in [9.17, 15) is 4.39 Å². The quantitative estimate of drug-likeness (QED) is 0.848. The average molecular weight is 272 g/mol. The lowest BCUT2D eigenvalue weighted by molar-refractivity contribution is 0.115. The summed E-state index contributed by atoms with van der Waals surface area (Å²) in [5, 5.41) is 3.57. The molecule has 0 saturated heterocycles. The molecule has 0 aromatic heterocycles. The number of methoxy groups -OCH3 is 1. The van der Waals surface area contributed by atoms with Gasteiger partial charge in [-0.1, -0.05) is 26.0 Å². The number of ether oxygens (including phenoxy) is 1. The first kappa shape index (κ1) is 13.6. The molecule has 1 N–H and O–H groups in total. The van der Waals surface area contributed by atoms with Gasteiger partial charge in [-0.25, -0.2) is 4.39 Å². The summed E-state index contributed by atoms with van der Waals surface area (Å²) in [7, 11) is 1.47. The van der Waals surface area contributed by atoms with Gasteiger partial charge in [0.15, 0.2) is 11.6 Å². The summed E-state index contributed by atoms with van der Waals surface area (Å²) in [5.41, 5.74) is 0.694. The van der Waals surface area contributed by atoms with Crippen molar-refractivity contribution in [1.29, 1.82) is 0 Å². The van der Waals surface area contributed by atoms with E-state index in [4.69, 9.17) is 16.3 Å². The molecule has 100 valence electrons. The van der Waals surface area contributed by atoms with Crippen molar-refractivity contribution in [2.45, 2.75) is 38.2 Å². The highest BCUT2D eigenvalue weighted by molar-refractivity contribution is 6.21. The fourth-order valence-electron chi connectivity index (χ4n) is 2.30. The van der Waals surface area contributed by atoms with E-state index in [2.05, 4.69) is 19.2 Å². The highest BCUT2D eigenvalue weighted by atomic mass is 35.5. The minimum absolute atomic E-state index is 0.0664. The van der Waals surface area contributed by atoms with Crippen molar-refractivity contribution >= 4 is 11.6 Å². The van der Waals surface area contributed by atoms with E-state index in [1.807, 2.05) is 0 Å². The third kappa shape index (κ3) is 2.34. The van der Waals surface area contributed by atoms with Gasteiger partial charge < -0.3 is 10.1 Å². The number of benzene rings is 1. The van der Waals surface area contributed by atoms with Crippen LogP contribution in [0.2, 0.25) is 0 Å². The van der Waals surface area contributed by atoms with Crippen molar-refractivity contribution < 1.29 is 9.13 Å². The van der Waals surface area contributed by atoms with E-state index in [0.29, 0.717) is 18.2 Å². The molecular formula is C14H19ClFNO. The number of rotatable bonds is 4. The lowest BCUT2D eigenvalue weighted by atomic mass is 9.67. The Morgan fingerprint density at radius 2 is 2.22 bits per heavy atom. The fraction of sp³-hybridized carbons (Fsp3) is 0.571. The summed E-state index contributed by atoms with van der Waals surface area (Å²) in [6.45, 7) is 4.77. The Labute approximate surface area is 112 Å². The minimum atomic E-state index is -0.285. The van der Waals surface area contributed by atoms with Crippen LogP contribution >= 0.6 is 11.6 Å². The maximum absolute atomic E-state index is 13.9. The molecule has 1 fully saturated rings. The van der Waals surface area contributed by atoms with Crippen LogP contribution in [0, 0.1) is 11.2 Å². The van der Waals surface area contributed by atoms with Crippen LogP contribution in [-0.2, 0) is 6.54 Å². The summed E-state index contributed by atoms with van der Waals surface area (Å²) in [6, 6.07) is 5.54. The number of halogens is 2. The molecule has 4 heteroatoms. The highest BCUT2D eigenvalue weighted by Gasteiger charge is 2.46. The number of nitrogens with one attached hydrogen (secondary N) is 1. The van der Waals surface area contributed by atoms with E-state index in [1.165, 1.54) is 7.11 Å². The van der Waals surface area contributed by atoms with E-state index in [1.54, 1.807) is 18.2 Å². The first-order valence-electron chi connectivity index (χ1n) is 6.15. The monoisotopic (exact) mass is 271 g/mol. The maximum atomic E-state index is 13.9. The third-order valence-electron chi connectivity index (χ3n) is 3.95. The fourth-order valence-corrected chi connectivity index (χ4v) is 2.63. The third-order valence-corrected chi connectivity index (χ3v) is 4.69. The molecule has 2 nitrogen and oxygen atoms in total. The Bertz CT molecular complexity index is 436. The van der Waals surface area contributed by atoms with E-state index in [0.717, 1.165) is 6.42 Å². The Balaban J connectivity index is 1.99. The molecule has 1 aromatic carbocycles. The van der Waals surface area contributed by atoms with Crippen molar-refractivity contribution in [1.82, 2.24) is 5.32 Å². The van der Waals surface area contributed by atoms with Gasteiger partial charge in [0.25, 0.3) is 0 Å². The molecule has 0 spiro atoms. The Morgan fingerprint density at radius 3 is 2.78 bits per heavy atom. The minimum Gasteiger partial charge on any atom is -0.494 e. The first-order chi connectivity index (χ1) is 8.46. The van der Waals surface area contributed by atoms with E-state index < -0.39 is 0 Å². The molecule has 1 aliphatic carbocycles. The SMILES string of the molecule is COc1cccc(CNC2CC(Cl)C2(C)C)c1F. The van der Waals surface area contributed by atoms with Crippen LogP contribution in [0.4, 0.5) is 4.39 Å². The zero-order valence-corrected chi connectivity index (χ0v) is 11.7. The van der Waals surface area contributed by atoms with Crippen LogP contribution < -0.4 is 10.1 Å². The van der Waals surface area contributed by atoms with Gasteiger partial charge >= 0.3 is 0 Å². The Morgan fingerprint density at radius 1 is 1.50 bits per heavy atom. The lowest BCUT2D eigenvalue weighted by Gasteiger charge is -2.49. The predicted octanol–water partition coefficient (Wildman–Crippen LogP) is 3.33. The lowest BCUT2D eigenvalue weighted by Crippen LogP contribution is -2.57. The molecule has 2 unspecified atom stereocenters. The zero-order valence-electron chi connectivity index (χ0n) is 11.0. The van der Waals surface area contributed by atoms with Gasteiger partial charge in [-0.15, -0.1) is 11.6 Å². The highest BCUT2D eigenvalue weighted by Crippen LogP contribution is 2.44. The smallest absolute Gasteiger partial charge is 0.169 e.